The number of amides is 1. The van der Waals surface area contributed by atoms with Crippen molar-refractivity contribution in [3.63, 3.8) is 0 Å². The second-order valence-corrected chi connectivity index (χ2v) is 6.59. The van der Waals surface area contributed by atoms with Gasteiger partial charge in [-0.05, 0) is 47.8 Å². The smallest absolute Gasteiger partial charge is 0.365 e. The number of carbonyl (C=O) groups is 4. The van der Waals surface area contributed by atoms with Gasteiger partial charge in [0.1, 0.15) is 4.47 Å². The first-order valence-electron chi connectivity index (χ1n) is 6.11. The SMILES string of the molecule is CC(=O)NOC(=O)c1c(Br)c(OC(C)=O)c(Br)c(OC(C)=O)c1Br. The summed E-state index contributed by atoms with van der Waals surface area (Å²) in [6.45, 7) is 3.46. The fourth-order valence-electron chi connectivity index (χ4n) is 1.43. The molecule has 0 unspecified atom stereocenters. The zero-order valence-corrected chi connectivity index (χ0v) is 17.2. The van der Waals surface area contributed by atoms with Crippen LogP contribution in [0.4, 0.5) is 0 Å². The van der Waals surface area contributed by atoms with Crippen LogP contribution in [0.2, 0.25) is 0 Å². The minimum atomic E-state index is -0.988. The van der Waals surface area contributed by atoms with E-state index in [9.17, 15) is 19.2 Å². The Balaban J connectivity index is 3.55. The highest BCUT2D eigenvalue weighted by molar-refractivity contribution is 9.11. The van der Waals surface area contributed by atoms with Gasteiger partial charge in [-0.3, -0.25) is 14.4 Å². The van der Waals surface area contributed by atoms with Gasteiger partial charge in [-0.2, -0.15) is 5.48 Å². The van der Waals surface area contributed by atoms with Crippen molar-refractivity contribution >= 4 is 71.6 Å². The van der Waals surface area contributed by atoms with E-state index >= 15 is 0 Å². The van der Waals surface area contributed by atoms with E-state index in [1.807, 2.05) is 5.48 Å². The van der Waals surface area contributed by atoms with Gasteiger partial charge in [0.2, 0.25) is 5.91 Å². The van der Waals surface area contributed by atoms with E-state index in [0.717, 1.165) is 20.8 Å². The molecule has 0 bridgehead atoms. The molecule has 0 spiro atoms. The van der Waals surface area contributed by atoms with Crippen LogP contribution in [0.15, 0.2) is 13.4 Å². The van der Waals surface area contributed by atoms with Crippen LogP contribution in [0.3, 0.4) is 0 Å². The van der Waals surface area contributed by atoms with Crippen molar-refractivity contribution in [2.75, 3.05) is 0 Å². The molecule has 8 nitrogen and oxygen atoms in total. The van der Waals surface area contributed by atoms with Gasteiger partial charge < -0.3 is 14.3 Å². The molecule has 0 aliphatic rings. The number of benzene rings is 1. The quantitative estimate of drug-likeness (QED) is 0.363. The summed E-state index contributed by atoms with van der Waals surface area (Å²) in [5.74, 6) is -3.14. The number of halogens is 3. The molecule has 0 aliphatic carbocycles. The predicted molar refractivity (Wildman–Crippen MR) is 91.4 cm³/mol. The van der Waals surface area contributed by atoms with Crippen LogP contribution < -0.4 is 15.0 Å². The maximum absolute atomic E-state index is 12.2. The molecule has 0 heterocycles. The molecule has 1 aromatic rings. The van der Waals surface area contributed by atoms with Gasteiger partial charge in [0.25, 0.3) is 0 Å². The third-order valence-corrected chi connectivity index (χ3v) is 4.45. The topological polar surface area (TPSA) is 108 Å². The summed E-state index contributed by atoms with van der Waals surface area (Å²) in [6.07, 6.45) is 0. The van der Waals surface area contributed by atoms with Gasteiger partial charge in [0, 0.05) is 20.8 Å². The molecule has 0 radical (unpaired) electrons. The number of hydrogen-bond donors (Lipinski definition) is 1. The van der Waals surface area contributed by atoms with Crippen molar-refractivity contribution < 1.29 is 33.5 Å². The van der Waals surface area contributed by atoms with Gasteiger partial charge >= 0.3 is 17.9 Å². The Labute approximate surface area is 161 Å². The lowest BCUT2D eigenvalue weighted by Crippen LogP contribution is -2.25. The van der Waals surface area contributed by atoms with Crippen molar-refractivity contribution in [1.29, 1.82) is 0 Å². The molecule has 0 aliphatic heterocycles. The Kier molecular flexibility index (Phi) is 7.36. The van der Waals surface area contributed by atoms with Crippen LogP contribution in [0, 0.1) is 0 Å². The molecule has 0 saturated carbocycles. The van der Waals surface area contributed by atoms with Crippen molar-refractivity contribution in [3.05, 3.63) is 19.0 Å². The summed E-state index contributed by atoms with van der Waals surface area (Å²) in [5, 5.41) is 0. The average molecular weight is 532 g/mol. The molecule has 11 heteroatoms. The molecule has 1 rings (SSSR count). The van der Waals surface area contributed by atoms with Crippen molar-refractivity contribution in [1.82, 2.24) is 5.48 Å². The summed E-state index contributed by atoms with van der Waals surface area (Å²) >= 11 is 9.41. The Morgan fingerprint density at radius 3 is 1.54 bits per heavy atom. The Hall–Kier alpha value is -1.46. The number of ether oxygens (including phenoxy) is 2. The van der Waals surface area contributed by atoms with E-state index in [1.54, 1.807) is 0 Å². The van der Waals surface area contributed by atoms with Crippen LogP contribution >= 0.6 is 47.8 Å². The van der Waals surface area contributed by atoms with Gasteiger partial charge in [-0.1, -0.05) is 0 Å². The standard InChI is InChI=1S/C13H10Br3NO7/c1-4(18)17-24-13(21)7-8(14)11(22-5(2)19)10(16)12(9(7)15)23-6(3)20/h1-3H3,(H,17,18). The zero-order valence-electron chi connectivity index (χ0n) is 12.5. The highest BCUT2D eigenvalue weighted by Crippen LogP contribution is 2.48. The fraction of sp³-hybridized carbons (Fsp3) is 0.231. The third kappa shape index (κ3) is 5.02. The molecule has 1 aromatic carbocycles. The molecule has 1 amide bonds. The number of hydrogen-bond acceptors (Lipinski definition) is 7. The Morgan fingerprint density at radius 1 is 0.792 bits per heavy atom. The zero-order chi connectivity index (χ0) is 18.6. The molecule has 130 valence electrons. The monoisotopic (exact) mass is 529 g/mol. The lowest BCUT2D eigenvalue weighted by atomic mass is 10.2. The van der Waals surface area contributed by atoms with Crippen LogP contribution in [0.1, 0.15) is 31.1 Å². The van der Waals surface area contributed by atoms with E-state index in [4.69, 9.17) is 9.47 Å². The first-order valence-corrected chi connectivity index (χ1v) is 8.49. The van der Waals surface area contributed by atoms with E-state index in [1.165, 1.54) is 0 Å². The minimum Gasteiger partial charge on any atom is -0.424 e. The van der Waals surface area contributed by atoms with Crippen LogP contribution in [-0.4, -0.2) is 23.8 Å². The summed E-state index contributed by atoms with van der Waals surface area (Å²) in [5.41, 5.74) is 1.71. The molecular weight excluding hydrogens is 522 g/mol. The van der Waals surface area contributed by atoms with E-state index in [-0.39, 0.29) is 30.5 Å². The van der Waals surface area contributed by atoms with E-state index in [0.29, 0.717) is 0 Å². The van der Waals surface area contributed by atoms with Gasteiger partial charge in [0.05, 0.1) is 14.5 Å². The molecule has 0 atom stereocenters. The van der Waals surface area contributed by atoms with Crippen molar-refractivity contribution in [2.24, 2.45) is 0 Å². The summed E-state index contributed by atoms with van der Waals surface area (Å²) in [4.78, 5) is 50.2. The first kappa shape index (κ1) is 20.6. The molecule has 0 saturated heterocycles. The molecule has 24 heavy (non-hydrogen) atoms. The number of rotatable bonds is 3. The number of carbonyl (C=O) groups excluding carboxylic acids is 4. The highest BCUT2D eigenvalue weighted by Gasteiger charge is 2.29. The minimum absolute atomic E-state index is 0.0442. The van der Waals surface area contributed by atoms with Gasteiger partial charge in [-0.15, -0.1) is 0 Å². The van der Waals surface area contributed by atoms with Crippen LogP contribution in [-0.2, 0) is 19.2 Å². The molecule has 1 N–H and O–H groups in total. The number of esters is 2. The Bertz CT molecular complexity index is 690. The third-order valence-electron chi connectivity index (χ3n) is 2.22. The lowest BCUT2D eigenvalue weighted by molar-refractivity contribution is -0.132. The van der Waals surface area contributed by atoms with Crippen molar-refractivity contribution in [2.45, 2.75) is 20.8 Å². The molecule has 0 fully saturated rings. The summed E-state index contributed by atoms with van der Waals surface area (Å²) in [6, 6.07) is 0. The highest BCUT2D eigenvalue weighted by atomic mass is 79.9. The lowest BCUT2D eigenvalue weighted by Gasteiger charge is -2.16. The number of nitrogens with one attached hydrogen (secondary N) is 1. The summed E-state index contributed by atoms with van der Waals surface area (Å²) < 4.78 is 10.3. The molecule has 0 aromatic heterocycles. The number of hydroxylamine groups is 1. The Morgan fingerprint density at radius 2 is 1.21 bits per heavy atom. The van der Waals surface area contributed by atoms with Crippen molar-refractivity contribution in [3.8, 4) is 11.5 Å². The maximum Gasteiger partial charge on any atom is 0.365 e. The normalized spacial score (nSPS) is 9.92. The predicted octanol–water partition coefficient (Wildman–Crippen LogP) is 3.03. The first-order chi connectivity index (χ1) is 11.1. The second kappa shape index (κ2) is 8.58. The maximum atomic E-state index is 12.2. The average Bonchev–Trinajstić information content (AvgIpc) is 2.45. The summed E-state index contributed by atoms with van der Waals surface area (Å²) in [7, 11) is 0. The van der Waals surface area contributed by atoms with E-state index in [2.05, 4.69) is 52.6 Å². The van der Waals surface area contributed by atoms with Crippen LogP contribution in [0.25, 0.3) is 0 Å². The largest absolute Gasteiger partial charge is 0.424 e. The van der Waals surface area contributed by atoms with E-state index < -0.39 is 23.8 Å². The van der Waals surface area contributed by atoms with Crippen LogP contribution in [0.5, 0.6) is 11.5 Å². The molecular formula is C13H10Br3NO7. The van der Waals surface area contributed by atoms with Gasteiger partial charge in [0.15, 0.2) is 11.5 Å². The van der Waals surface area contributed by atoms with Gasteiger partial charge in [-0.25, -0.2) is 4.79 Å². The second-order valence-electron chi connectivity index (χ2n) is 4.21. The fourth-order valence-corrected chi connectivity index (χ4v) is 4.07.